The minimum Gasteiger partial charge on any atom is -0.289 e. The van der Waals surface area contributed by atoms with Gasteiger partial charge < -0.3 is 0 Å². The molecular formula is C16H13IOS. The molecule has 96 valence electrons. The topological polar surface area (TPSA) is 17.1 Å². The lowest BCUT2D eigenvalue weighted by atomic mass is 10.1. The maximum Gasteiger partial charge on any atom is 0.185 e. The van der Waals surface area contributed by atoms with Crippen LogP contribution < -0.4 is 0 Å². The normalized spacial score (nSPS) is 10.8. The van der Waals surface area contributed by atoms with Gasteiger partial charge >= 0.3 is 0 Å². The smallest absolute Gasteiger partial charge is 0.185 e. The molecule has 0 spiro atoms. The van der Waals surface area contributed by atoms with Crippen molar-refractivity contribution in [2.24, 2.45) is 0 Å². The van der Waals surface area contributed by atoms with Crippen LogP contribution in [0.15, 0.2) is 59.5 Å². The maximum atomic E-state index is 12.0. The number of benzene rings is 2. The van der Waals surface area contributed by atoms with E-state index in [1.807, 2.05) is 60.9 Å². The highest BCUT2D eigenvalue weighted by molar-refractivity contribution is 14.1. The molecule has 0 aliphatic rings. The van der Waals surface area contributed by atoms with Crippen molar-refractivity contribution in [3.8, 4) is 0 Å². The van der Waals surface area contributed by atoms with Crippen molar-refractivity contribution in [3.05, 3.63) is 69.3 Å². The van der Waals surface area contributed by atoms with Gasteiger partial charge in [0.2, 0.25) is 0 Å². The highest BCUT2D eigenvalue weighted by atomic mass is 127. The Kier molecular flexibility index (Phi) is 5.22. The van der Waals surface area contributed by atoms with Gasteiger partial charge in [0, 0.05) is 14.0 Å². The highest BCUT2D eigenvalue weighted by Crippen LogP contribution is 2.16. The third-order valence-corrected chi connectivity index (χ3v) is 4.42. The summed E-state index contributed by atoms with van der Waals surface area (Å²) < 4.78 is 1.14. The Morgan fingerprint density at radius 2 is 1.79 bits per heavy atom. The third-order valence-electron chi connectivity index (χ3n) is 2.69. The van der Waals surface area contributed by atoms with Gasteiger partial charge in [-0.15, -0.1) is 11.8 Å². The highest BCUT2D eigenvalue weighted by Gasteiger charge is 2.02. The van der Waals surface area contributed by atoms with E-state index in [9.17, 15) is 4.79 Å². The molecule has 2 rings (SSSR count). The third kappa shape index (κ3) is 3.94. The molecule has 1 nitrogen and oxygen atoms in total. The monoisotopic (exact) mass is 380 g/mol. The van der Waals surface area contributed by atoms with Gasteiger partial charge in [0.05, 0.1) is 0 Å². The second kappa shape index (κ2) is 6.91. The van der Waals surface area contributed by atoms with Crippen LogP contribution in [-0.2, 0) is 0 Å². The van der Waals surface area contributed by atoms with E-state index in [0.717, 1.165) is 19.6 Å². The van der Waals surface area contributed by atoms with E-state index in [1.54, 1.807) is 17.8 Å². The zero-order valence-corrected chi connectivity index (χ0v) is 13.4. The van der Waals surface area contributed by atoms with E-state index in [-0.39, 0.29) is 5.78 Å². The lowest BCUT2D eigenvalue weighted by molar-refractivity contribution is 0.104. The Bertz CT molecular complexity index is 602. The van der Waals surface area contributed by atoms with Crippen molar-refractivity contribution in [2.45, 2.75) is 4.90 Å². The first-order valence-electron chi connectivity index (χ1n) is 5.81. The van der Waals surface area contributed by atoms with Crippen molar-refractivity contribution in [1.29, 1.82) is 0 Å². The van der Waals surface area contributed by atoms with Crippen LogP contribution in [0.2, 0.25) is 0 Å². The van der Waals surface area contributed by atoms with Gasteiger partial charge in [-0.3, -0.25) is 4.79 Å². The van der Waals surface area contributed by atoms with Gasteiger partial charge in [-0.1, -0.05) is 24.3 Å². The Morgan fingerprint density at radius 1 is 1.11 bits per heavy atom. The molecule has 0 fully saturated rings. The first kappa shape index (κ1) is 14.3. The van der Waals surface area contributed by atoms with Crippen LogP contribution in [0, 0.1) is 3.57 Å². The molecule has 0 N–H and O–H groups in total. The molecule has 0 amide bonds. The van der Waals surface area contributed by atoms with Crippen molar-refractivity contribution in [1.82, 2.24) is 0 Å². The SMILES string of the molecule is CSc1ccc(C(=O)C=Cc2ccccc2I)cc1. The molecule has 0 bridgehead atoms. The minimum atomic E-state index is 0.0345. The molecule has 0 unspecified atom stereocenters. The second-order valence-electron chi connectivity index (χ2n) is 3.95. The molecule has 0 radical (unpaired) electrons. The Balaban J connectivity index is 2.14. The van der Waals surface area contributed by atoms with Crippen LogP contribution in [0.4, 0.5) is 0 Å². The molecule has 0 aliphatic carbocycles. The maximum absolute atomic E-state index is 12.0. The van der Waals surface area contributed by atoms with E-state index in [4.69, 9.17) is 0 Å². The van der Waals surface area contributed by atoms with E-state index in [0.29, 0.717) is 0 Å². The van der Waals surface area contributed by atoms with E-state index < -0.39 is 0 Å². The van der Waals surface area contributed by atoms with E-state index in [1.165, 1.54) is 0 Å². The average Bonchev–Trinajstić information content (AvgIpc) is 2.46. The number of halogens is 1. The molecule has 0 aromatic heterocycles. The zero-order chi connectivity index (χ0) is 13.7. The number of carbonyl (C=O) groups excluding carboxylic acids is 1. The molecule has 2 aromatic carbocycles. The fourth-order valence-electron chi connectivity index (χ4n) is 1.63. The van der Waals surface area contributed by atoms with Crippen LogP contribution in [0.1, 0.15) is 15.9 Å². The van der Waals surface area contributed by atoms with Gasteiger partial charge in [-0.2, -0.15) is 0 Å². The number of allylic oxidation sites excluding steroid dienone is 1. The van der Waals surface area contributed by atoms with Crippen LogP contribution in [-0.4, -0.2) is 12.0 Å². The van der Waals surface area contributed by atoms with Crippen molar-refractivity contribution in [3.63, 3.8) is 0 Å². The summed E-state index contributed by atoms with van der Waals surface area (Å²) in [4.78, 5) is 13.2. The summed E-state index contributed by atoms with van der Waals surface area (Å²) in [6.45, 7) is 0. The standard InChI is InChI=1S/C16H13IOS/c1-19-14-9-6-13(7-10-14)16(18)11-8-12-4-2-3-5-15(12)17/h2-11H,1H3. The Hall–Kier alpha value is -1.07. The minimum absolute atomic E-state index is 0.0345. The number of carbonyl (C=O) groups is 1. The van der Waals surface area contributed by atoms with Gasteiger partial charge in [-0.25, -0.2) is 0 Å². The summed E-state index contributed by atoms with van der Waals surface area (Å²) in [6.07, 6.45) is 5.52. The predicted octanol–water partition coefficient (Wildman–Crippen LogP) is 4.91. The first-order chi connectivity index (χ1) is 9.20. The molecular weight excluding hydrogens is 367 g/mol. The van der Waals surface area contributed by atoms with Gasteiger partial charge in [-0.05, 0) is 70.8 Å². The fourth-order valence-corrected chi connectivity index (χ4v) is 2.60. The number of rotatable bonds is 4. The average molecular weight is 380 g/mol. The summed E-state index contributed by atoms with van der Waals surface area (Å²) in [7, 11) is 0. The largest absolute Gasteiger partial charge is 0.289 e. The summed E-state index contributed by atoms with van der Waals surface area (Å²) in [5, 5.41) is 0. The quantitative estimate of drug-likeness (QED) is 0.325. The fraction of sp³-hybridized carbons (Fsp3) is 0.0625. The molecule has 0 saturated carbocycles. The Morgan fingerprint density at radius 3 is 2.42 bits per heavy atom. The summed E-state index contributed by atoms with van der Waals surface area (Å²) in [6, 6.07) is 15.7. The van der Waals surface area contributed by atoms with Crippen molar-refractivity contribution < 1.29 is 4.79 Å². The molecule has 0 aliphatic heterocycles. The molecule has 2 aromatic rings. The van der Waals surface area contributed by atoms with Gasteiger partial charge in [0.1, 0.15) is 0 Å². The number of hydrogen-bond donors (Lipinski definition) is 0. The van der Waals surface area contributed by atoms with Crippen molar-refractivity contribution >= 4 is 46.2 Å². The molecule has 3 heteroatoms. The first-order valence-corrected chi connectivity index (χ1v) is 8.12. The van der Waals surface area contributed by atoms with E-state index >= 15 is 0 Å². The summed E-state index contributed by atoms with van der Waals surface area (Å²) in [5.41, 5.74) is 1.79. The molecule has 0 atom stereocenters. The number of hydrogen-bond acceptors (Lipinski definition) is 2. The summed E-state index contributed by atoms with van der Waals surface area (Å²) in [5.74, 6) is 0.0345. The predicted molar refractivity (Wildman–Crippen MR) is 90.7 cm³/mol. The molecule has 19 heavy (non-hydrogen) atoms. The van der Waals surface area contributed by atoms with Crippen LogP contribution in [0.3, 0.4) is 0 Å². The van der Waals surface area contributed by atoms with Crippen LogP contribution in [0.5, 0.6) is 0 Å². The van der Waals surface area contributed by atoms with Crippen LogP contribution in [0.25, 0.3) is 6.08 Å². The van der Waals surface area contributed by atoms with Gasteiger partial charge in [0.15, 0.2) is 5.78 Å². The van der Waals surface area contributed by atoms with Crippen LogP contribution >= 0.6 is 34.4 Å². The zero-order valence-electron chi connectivity index (χ0n) is 10.5. The lowest BCUT2D eigenvalue weighted by Gasteiger charge is -1.99. The number of thioether (sulfide) groups is 1. The van der Waals surface area contributed by atoms with Crippen molar-refractivity contribution in [2.75, 3.05) is 6.26 Å². The lowest BCUT2D eigenvalue weighted by Crippen LogP contribution is -1.93. The molecule has 0 heterocycles. The number of ketones is 1. The Labute approximate surface area is 131 Å². The summed E-state index contributed by atoms with van der Waals surface area (Å²) >= 11 is 3.94. The molecule has 0 saturated heterocycles. The van der Waals surface area contributed by atoms with E-state index in [2.05, 4.69) is 22.6 Å². The second-order valence-corrected chi connectivity index (χ2v) is 5.99. The van der Waals surface area contributed by atoms with Gasteiger partial charge in [0.25, 0.3) is 0 Å².